The summed E-state index contributed by atoms with van der Waals surface area (Å²) in [5.74, 6) is 1.41. The van der Waals surface area contributed by atoms with Gasteiger partial charge in [0.15, 0.2) is 0 Å². The van der Waals surface area contributed by atoms with E-state index in [4.69, 9.17) is 0 Å². The zero-order chi connectivity index (χ0) is 17.7. The molecule has 0 fully saturated rings. The largest absolute Gasteiger partial charge is 0.394 e. The molecule has 0 aliphatic rings. The van der Waals surface area contributed by atoms with Crippen LogP contribution in [0.4, 0.5) is 10.5 Å². The van der Waals surface area contributed by atoms with Crippen LogP contribution in [0.25, 0.3) is 5.69 Å². The van der Waals surface area contributed by atoms with Gasteiger partial charge in [0.1, 0.15) is 11.6 Å². The first-order chi connectivity index (χ1) is 11.4. The second-order valence-electron chi connectivity index (χ2n) is 6.18. The van der Waals surface area contributed by atoms with Crippen molar-refractivity contribution in [1.29, 1.82) is 0 Å². The van der Waals surface area contributed by atoms with Gasteiger partial charge < -0.3 is 15.7 Å². The van der Waals surface area contributed by atoms with Crippen molar-refractivity contribution in [1.82, 2.24) is 20.1 Å². The second-order valence-corrected chi connectivity index (χ2v) is 6.18. The molecule has 1 heterocycles. The highest BCUT2D eigenvalue weighted by molar-refractivity contribution is 5.92. The predicted octanol–water partition coefficient (Wildman–Crippen LogP) is 2.56. The number of hydrogen-bond donors (Lipinski definition) is 3. The average Bonchev–Trinajstić information content (AvgIpc) is 2.86. The molecular formula is C17H25N5O2. The lowest BCUT2D eigenvalue weighted by Crippen LogP contribution is -2.50. The SMILES string of the molecule is CCCC(C)(CO)NC(=O)Nc1ccccc1-n1nc(C)nc1C. The van der Waals surface area contributed by atoms with Crippen molar-refractivity contribution in [3.05, 3.63) is 35.9 Å². The summed E-state index contributed by atoms with van der Waals surface area (Å²) in [5, 5.41) is 19.6. The van der Waals surface area contributed by atoms with Gasteiger partial charge in [-0.1, -0.05) is 25.5 Å². The van der Waals surface area contributed by atoms with Crippen LogP contribution >= 0.6 is 0 Å². The first-order valence-corrected chi connectivity index (χ1v) is 8.08. The third-order valence-electron chi connectivity index (χ3n) is 3.82. The quantitative estimate of drug-likeness (QED) is 0.758. The Kier molecular flexibility index (Phi) is 5.56. The summed E-state index contributed by atoms with van der Waals surface area (Å²) in [4.78, 5) is 16.7. The topological polar surface area (TPSA) is 92.1 Å². The molecular weight excluding hydrogens is 306 g/mol. The van der Waals surface area contributed by atoms with E-state index in [-0.39, 0.29) is 12.6 Å². The zero-order valence-corrected chi connectivity index (χ0v) is 14.6. The maximum atomic E-state index is 12.4. The minimum absolute atomic E-state index is 0.114. The maximum Gasteiger partial charge on any atom is 0.319 e. The van der Waals surface area contributed by atoms with Gasteiger partial charge in [-0.2, -0.15) is 5.10 Å². The number of aliphatic hydroxyl groups excluding tert-OH is 1. The van der Waals surface area contributed by atoms with E-state index < -0.39 is 5.54 Å². The number of urea groups is 1. The first-order valence-electron chi connectivity index (χ1n) is 8.08. The number of para-hydroxylation sites is 2. The highest BCUT2D eigenvalue weighted by atomic mass is 16.3. The number of hydrogen-bond acceptors (Lipinski definition) is 4. The molecule has 24 heavy (non-hydrogen) atoms. The van der Waals surface area contributed by atoms with Gasteiger partial charge >= 0.3 is 6.03 Å². The molecule has 0 aliphatic heterocycles. The van der Waals surface area contributed by atoms with E-state index in [1.807, 2.05) is 52.0 Å². The number of carbonyl (C=O) groups excluding carboxylic acids is 1. The Labute approximate surface area is 142 Å². The molecule has 7 nitrogen and oxygen atoms in total. The lowest BCUT2D eigenvalue weighted by molar-refractivity contribution is 0.167. The number of aromatic nitrogens is 3. The monoisotopic (exact) mass is 331 g/mol. The third-order valence-corrected chi connectivity index (χ3v) is 3.82. The molecule has 130 valence electrons. The van der Waals surface area contributed by atoms with Gasteiger partial charge in [0, 0.05) is 0 Å². The van der Waals surface area contributed by atoms with E-state index in [1.54, 1.807) is 4.68 Å². The number of aryl methyl sites for hydroxylation is 2. The number of rotatable bonds is 6. The molecule has 0 saturated carbocycles. The van der Waals surface area contributed by atoms with Crippen LogP contribution in [0.1, 0.15) is 38.3 Å². The van der Waals surface area contributed by atoms with Crippen molar-refractivity contribution in [2.75, 3.05) is 11.9 Å². The molecule has 1 atom stereocenters. The summed E-state index contributed by atoms with van der Waals surface area (Å²) in [6.45, 7) is 7.41. The summed E-state index contributed by atoms with van der Waals surface area (Å²) in [7, 11) is 0. The van der Waals surface area contributed by atoms with Gasteiger partial charge in [-0.25, -0.2) is 14.5 Å². The van der Waals surface area contributed by atoms with Crippen LogP contribution < -0.4 is 10.6 Å². The van der Waals surface area contributed by atoms with Gasteiger partial charge in [0.25, 0.3) is 0 Å². The lowest BCUT2D eigenvalue weighted by atomic mass is 9.98. The highest BCUT2D eigenvalue weighted by Gasteiger charge is 2.25. The van der Waals surface area contributed by atoms with Crippen LogP contribution in [0.5, 0.6) is 0 Å². The van der Waals surface area contributed by atoms with Gasteiger partial charge in [-0.15, -0.1) is 0 Å². The van der Waals surface area contributed by atoms with Gasteiger partial charge in [-0.05, 0) is 39.3 Å². The Morgan fingerprint density at radius 2 is 2.04 bits per heavy atom. The summed E-state index contributed by atoms with van der Waals surface area (Å²) in [6.07, 6.45) is 1.56. The van der Waals surface area contributed by atoms with E-state index in [0.717, 1.165) is 17.9 Å². The molecule has 2 aromatic rings. The van der Waals surface area contributed by atoms with Crippen molar-refractivity contribution in [2.24, 2.45) is 0 Å². The fourth-order valence-corrected chi connectivity index (χ4v) is 2.67. The highest BCUT2D eigenvalue weighted by Crippen LogP contribution is 2.21. The normalized spacial score (nSPS) is 13.4. The van der Waals surface area contributed by atoms with Gasteiger partial charge in [0.05, 0.1) is 23.5 Å². The number of anilines is 1. The molecule has 0 bridgehead atoms. The van der Waals surface area contributed by atoms with E-state index in [1.165, 1.54) is 0 Å². The number of nitrogens with one attached hydrogen (secondary N) is 2. The number of nitrogens with zero attached hydrogens (tertiary/aromatic N) is 3. The molecule has 0 aliphatic carbocycles. The van der Waals surface area contributed by atoms with Crippen LogP contribution in [-0.2, 0) is 0 Å². The molecule has 7 heteroatoms. The zero-order valence-electron chi connectivity index (χ0n) is 14.6. The molecule has 0 radical (unpaired) electrons. The Morgan fingerprint density at radius 1 is 1.33 bits per heavy atom. The van der Waals surface area contributed by atoms with Crippen LogP contribution in [0.15, 0.2) is 24.3 Å². The summed E-state index contributed by atoms with van der Waals surface area (Å²) in [6, 6.07) is 7.04. The Hall–Kier alpha value is -2.41. The van der Waals surface area contributed by atoms with Crippen molar-refractivity contribution in [3.63, 3.8) is 0 Å². The molecule has 0 saturated heterocycles. The lowest BCUT2D eigenvalue weighted by Gasteiger charge is -2.28. The van der Waals surface area contributed by atoms with Crippen molar-refractivity contribution in [2.45, 2.75) is 46.1 Å². The number of carbonyl (C=O) groups is 1. The number of amides is 2. The third kappa shape index (κ3) is 4.11. The molecule has 2 amide bonds. The summed E-state index contributed by atoms with van der Waals surface area (Å²) >= 11 is 0. The molecule has 2 rings (SSSR count). The standard InChI is InChI=1S/C17H25N5O2/c1-5-10-17(4,11-23)20-16(24)19-14-8-6-7-9-15(14)22-13(3)18-12(2)21-22/h6-9,23H,5,10-11H2,1-4H3,(H2,19,20,24). The predicted molar refractivity (Wildman–Crippen MR) is 93.4 cm³/mol. The molecule has 1 aromatic carbocycles. The average molecular weight is 331 g/mol. The fraction of sp³-hybridized carbons (Fsp3) is 0.471. The van der Waals surface area contributed by atoms with Crippen LogP contribution in [-0.4, -0.2) is 38.0 Å². The van der Waals surface area contributed by atoms with E-state index in [2.05, 4.69) is 20.7 Å². The number of aliphatic hydroxyl groups is 1. The van der Waals surface area contributed by atoms with Crippen molar-refractivity contribution in [3.8, 4) is 5.69 Å². The van der Waals surface area contributed by atoms with Crippen molar-refractivity contribution < 1.29 is 9.90 Å². The van der Waals surface area contributed by atoms with Crippen LogP contribution in [0, 0.1) is 13.8 Å². The van der Waals surface area contributed by atoms with Crippen LogP contribution in [0.3, 0.4) is 0 Å². The molecule has 3 N–H and O–H groups in total. The number of benzene rings is 1. The second kappa shape index (κ2) is 7.44. The van der Waals surface area contributed by atoms with Crippen LogP contribution in [0.2, 0.25) is 0 Å². The molecule has 0 spiro atoms. The summed E-state index contributed by atoms with van der Waals surface area (Å²) < 4.78 is 1.70. The Bertz CT molecular complexity index is 713. The van der Waals surface area contributed by atoms with Crippen molar-refractivity contribution >= 4 is 11.7 Å². The maximum absolute atomic E-state index is 12.4. The van der Waals surface area contributed by atoms with E-state index in [0.29, 0.717) is 17.9 Å². The Morgan fingerprint density at radius 3 is 2.62 bits per heavy atom. The van der Waals surface area contributed by atoms with Gasteiger partial charge in [-0.3, -0.25) is 0 Å². The minimum atomic E-state index is -0.645. The smallest absolute Gasteiger partial charge is 0.319 e. The van der Waals surface area contributed by atoms with Gasteiger partial charge in [0.2, 0.25) is 0 Å². The molecule has 1 aromatic heterocycles. The van der Waals surface area contributed by atoms with E-state index >= 15 is 0 Å². The fourth-order valence-electron chi connectivity index (χ4n) is 2.67. The summed E-state index contributed by atoms with van der Waals surface area (Å²) in [5.41, 5.74) is 0.722. The van der Waals surface area contributed by atoms with E-state index in [9.17, 15) is 9.90 Å². The minimum Gasteiger partial charge on any atom is -0.394 e. The Balaban J connectivity index is 2.22. The first kappa shape index (κ1) is 17.9. The molecule has 1 unspecified atom stereocenters.